The van der Waals surface area contributed by atoms with Crippen LogP contribution in [0.4, 0.5) is 0 Å². The molecule has 1 fully saturated rings. The van der Waals surface area contributed by atoms with Gasteiger partial charge < -0.3 is 9.72 Å². The monoisotopic (exact) mass is 446 g/mol. The fraction of sp³-hybridized carbons (Fsp3) is 0.478. The summed E-state index contributed by atoms with van der Waals surface area (Å²) in [6.45, 7) is 3.41. The van der Waals surface area contributed by atoms with Gasteiger partial charge in [0.05, 0.1) is 18.6 Å². The van der Waals surface area contributed by atoms with Crippen molar-refractivity contribution in [1.82, 2.24) is 9.29 Å². The summed E-state index contributed by atoms with van der Waals surface area (Å²) in [5.74, 6) is -0.661. The van der Waals surface area contributed by atoms with Gasteiger partial charge in [-0.05, 0) is 50.3 Å². The summed E-state index contributed by atoms with van der Waals surface area (Å²) in [7, 11) is -2.56. The summed E-state index contributed by atoms with van der Waals surface area (Å²) in [6.07, 6.45) is 5.25. The Hall–Kier alpha value is -2.45. The normalized spacial score (nSPS) is 15.2. The van der Waals surface area contributed by atoms with E-state index in [0.29, 0.717) is 23.4 Å². The highest BCUT2D eigenvalue weighted by atomic mass is 32.2. The lowest BCUT2D eigenvalue weighted by Gasteiger charge is -2.29. The molecule has 1 N–H and O–H groups in total. The molecule has 0 aliphatic heterocycles. The molecule has 2 aromatic rings. The molecule has 0 radical (unpaired) electrons. The number of ketones is 1. The van der Waals surface area contributed by atoms with Crippen LogP contribution in [0, 0.1) is 19.8 Å². The van der Waals surface area contributed by atoms with E-state index in [1.54, 1.807) is 44.2 Å². The Kier molecular flexibility index (Phi) is 7.33. The van der Waals surface area contributed by atoms with Gasteiger partial charge in [-0.1, -0.05) is 37.5 Å². The van der Waals surface area contributed by atoms with Gasteiger partial charge in [0.1, 0.15) is 5.69 Å². The molecule has 3 rings (SSSR count). The zero-order chi connectivity index (χ0) is 22.6. The maximum atomic E-state index is 13.4. The van der Waals surface area contributed by atoms with E-state index >= 15 is 0 Å². The highest BCUT2D eigenvalue weighted by molar-refractivity contribution is 7.89. The first-order valence-corrected chi connectivity index (χ1v) is 12.1. The summed E-state index contributed by atoms with van der Waals surface area (Å²) in [5.41, 5.74) is 1.56. The van der Waals surface area contributed by atoms with Crippen LogP contribution in [0.3, 0.4) is 0 Å². The number of hydrogen-bond donors (Lipinski definition) is 1. The topological polar surface area (TPSA) is 96.5 Å². The largest absolute Gasteiger partial charge is 0.464 e. The first-order chi connectivity index (χ1) is 14.8. The van der Waals surface area contributed by atoms with Gasteiger partial charge in [-0.2, -0.15) is 4.31 Å². The lowest BCUT2D eigenvalue weighted by molar-refractivity contribution is 0.0594. The highest BCUT2D eigenvalue weighted by Gasteiger charge is 2.32. The second kappa shape index (κ2) is 9.78. The van der Waals surface area contributed by atoms with Crippen molar-refractivity contribution in [2.24, 2.45) is 5.92 Å². The van der Waals surface area contributed by atoms with E-state index in [9.17, 15) is 18.0 Å². The zero-order valence-corrected chi connectivity index (χ0v) is 19.1. The number of esters is 1. The van der Waals surface area contributed by atoms with E-state index in [4.69, 9.17) is 4.74 Å². The van der Waals surface area contributed by atoms with Crippen molar-refractivity contribution in [2.45, 2.75) is 50.8 Å². The number of Topliss-reactive ketones (excluding diaryl/α,β-unsaturated/α-hetero) is 1. The maximum absolute atomic E-state index is 13.4. The summed E-state index contributed by atoms with van der Waals surface area (Å²) in [6, 6.07) is 8.22. The number of H-pyrrole nitrogens is 1. The van der Waals surface area contributed by atoms with Crippen LogP contribution in [0.1, 0.15) is 64.2 Å². The molecule has 0 bridgehead atoms. The van der Waals surface area contributed by atoms with Crippen LogP contribution < -0.4 is 0 Å². The summed E-state index contributed by atoms with van der Waals surface area (Å²) >= 11 is 0. The molecule has 0 unspecified atom stereocenters. The number of carbonyl (C=O) groups excluding carboxylic acids is 2. The quantitative estimate of drug-likeness (QED) is 0.490. The molecule has 1 saturated carbocycles. The van der Waals surface area contributed by atoms with Crippen molar-refractivity contribution in [3.63, 3.8) is 0 Å². The first-order valence-electron chi connectivity index (χ1n) is 10.6. The van der Waals surface area contributed by atoms with Gasteiger partial charge in [-0.15, -0.1) is 0 Å². The molecular weight excluding hydrogens is 416 g/mol. The third kappa shape index (κ3) is 5.07. The fourth-order valence-electron chi connectivity index (χ4n) is 4.36. The number of nitrogens with one attached hydrogen (secondary N) is 1. The van der Waals surface area contributed by atoms with Crippen molar-refractivity contribution in [1.29, 1.82) is 0 Å². The van der Waals surface area contributed by atoms with E-state index < -0.39 is 16.0 Å². The predicted octanol–water partition coefficient (Wildman–Crippen LogP) is 3.87. The Morgan fingerprint density at radius 3 is 2.35 bits per heavy atom. The highest BCUT2D eigenvalue weighted by Crippen LogP contribution is 2.28. The first kappa shape index (κ1) is 23.2. The minimum atomic E-state index is -3.83. The predicted molar refractivity (Wildman–Crippen MR) is 118 cm³/mol. The van der Waals surface area contributed by atoms with Crippen LogP contribution >= 0.6 is 0 Å². The number of sulfonamides is 1. The standard InChI is InChI=1S/C23H30N2O5S/c1-16-21(17(2)24-22(16)23(27)30-3)20(26)15-25(14-18-10-6-4-7-11-18)31(28,29)19-12-8-5-9-13-19/h5,8-9,12-13,18,24H,4,6-7,10-11,14-15H2,1-3H3. The lowest BCUT2D eigenvalue weighted by atomic mass is 9.89. The van der Waals surface area contributed by atoms with Crippen LogP contribution in [0.2, 0.25) is 0 Å². The van der Waals surface area contributed by atoms with Crippen LogP contribution in [0.5, 0.6) is 0 Å². The van der Waals surface area contributed by atoms with Crippen LogP contribution in [0.15, 0.2) is 35.2 Å². The van der Waals surface area contributed by atoms with Crippen LogP contribution in [-0.2, 0) is 14.8 Å². The van der Waals surface area contributed by atoms with Gasteiger partial charge in [0.25, 0.3) is 0 Å². The molecule has 1 aliphatic carbocycles. The number of hydrogen-bond acceptors (Lipinski definition) is 5. The number of aromatic nitrogens is 1. The van der Waals surface area contributed by atoms with Gasteiger partial charge in [-0.3, -0.25) is 4.79 Å². The molecule has 31 heavy (non-hydrogen) atoms. The minimum absolute atomic E-state index is 0.177. The zero-order valence-electron chi connectivity index (χ0n) is 18.3. The third-order valence-corrected chi connectivity index (χ3v) is 7.82. The number of ether oxygens (including phenoxy) is 1. The lowest BCUT2D eigenvalue weighted by Crippen LogP contribution is -2.39. The number of methoxy groups -OCH3 is 1. The van der Waals surface area contributed by atoms with Crippen LogP contribution in [0.25, 0.3) is 0 Å². The summed E-state index contributed by atoms with van der Waals surface area (Å²) < 4.78 is 32.9. The molecule has 1 aromatic carbocycles. The maximum Gasteiger partial charge on any atom is 0.354 e. The molecule has 7 nitrogen and oxygen atoms in total. The average molecular weight is 447 g/mol. The molecule has 1 aromatic heterocycles. The van der Waals surface area contributed by atoms with Gasteiger partial charge in [0.15, 0.2) is 5.78 Å². The average Bonchev–Trinajstić information content (AvgIpc) is 3.08. The van der Waals surface area contributed by atoms with E-state index in [1.165, 1.54) is 17.8 Å². The Morgan fingerprint density at radius 1 is 1.10 bits per heavy atom. The number of carbonyl (C=O) groups is 2. The molecule has 1 aliphatic rings. The molecule has 0 amide bonds. The molecule has 1 heterocycles. The molecule has 0 saturated heterocycles. The minimum Gasteiger partial charge on any atom is -0.464 e. The van der Waals surface area contributed by atoms with Crippen molar-refractivity contribution in [2.75, 3.05) is 20.2 Å². The molecule has 0 spiro atoms. The SMILES string of the molecule is COC(=O)c1[nH]c(C)c(C(=O)CN(CC2CCCCC2)S(=O)(=O)c2ccccc2)c1C. The van der Waals surface area contributed by atoms with Crippen LogP contribution in [-0.4, -0.2) is 49.7 Å². The molecular formula is C23H30N2O5S. The van der Waals surface area contributed by atoms with Gasteiger partial charge in [0, 0.05) is 17.8 Å². The van der Waals surface area contributed by atoms with Crippen molar-refractivity contribution in [3.05, 3.63) is 52.8 Å². The molecule has 8 heteroatoms. The second-order valence-corrected chi connectivity index (χ2v) is 10.1. The van der Waals surface area contributed by atoms with E-state index in [1.807, 2.05) is 0 Å². The third-order valence-electron chi connectivity index (χ3n) is 5.99. The Bertz CT molecular complexity index is 1040. The number of aromatic amines is 1. The van der Waals surface area contributed by atoms with E-state index in [0.717, 1.165) is 25.7 Å². The molecule has 0 atom stereocenters. The Labute approximate surface area is 183 Å². The van der Waals surface area contributed by atoms with E-state index in [2.05, 4.69) is 4.98 Å². The summed E-state index contributed by atoms with van der Waals surface area (Å²) in [4.78, 5) is 28.3. The Balaban J connectivity index is 1.92. The van der Waals surface area contributed by atoms with Gasteiger partial charge in [-0.25, -0.2) is 13.2 Å². The smallest absolute Gasteiger partial charge is 0.354 e. The second-order valence-electron chi connectivity index (χ2n) is 8.15. The van der Waals surface area contributed by atoms with Gasteiger partial charge >= 0.3 is 5.97 Å². The molecule has 168 valence electrons. The van der Waals surface area contributed by atoms with Crippen molar-refractivity contribution >= 4 is 21.8 Å². The number of rotatable bonds is 8. The number of aryl methyl sites for hydroxylation is 1. The fourth-order valence-corrected chi connectivity index (χ4v) is 5.85. The van der Waals surface area contributed by atoms with Gasteiger partial charge in [0.2, 0.25) is 10.0 Å². The van der Waals surface area contributed by atoms with Crippen molar-refractivity contribution < 1.29 is 22.7 Å². The van der Waals surface area contributed by atoms with Crippen molar-refractivity contribution in [3.8, 4) is 0 Å². The number of nitrogens with zero attached hydrogens (tertiary/aromatic N) is 1. The number of benzene rings is 1. The van der Waals surface area contributed by atoms with E-state index in [-0.39, 0.29) is 28.8 Å². The summed E-state index contributed by atoms with van der Waals surface area (Å²) in [5, 5.41) is 0. The Morgan fingerprint density at radius 2 is 1.74 bits per heavy atom.